The number of nitrogens with zero attached hydrogens (tertiary/aromatic N) is 2. The maximum absolute atomic E-state index is 12.4. The van der Waals surface area contributed by atoms with E-state index < -0.39 is 5.91 Å². The minimum absolute atomic E-state index is 0.0351. The van der Waals surface area contributed by atoms with E-state index in [0.29, 0.717) is 12.0 Å². The lowest BCUT2D eigenvalue weighted by Gasteiger charge is -2.29. The number of anilines is 2. The second-order valence-electron chi connectivity index (χ2n) is 7.37. The van der Waals surface area contributed by atoms with Gasteiger partial charge in [0.2, 0.25) is 5.91 Å². The van der Waals surface area contributed by atoms with Crippen LogP contribution in [0.1, 0.15) is 65.2 Å². The fourth-order valence-corrected chi connectivity index (χ4v) is 4.20. The van der Waals surface area contributed by atoms with E-state index in [2.05, 4.69) is 15.2 Å². The third-order valence-electron chi connectivity index (χ3n) is 5.56. The van der Waals surface area contributed by atoms with Crippen molar-refractivity contribution in [3.8, 4) is 0 Å². The van der Waals surface area contributed by atoms with Crippen molar-refractivity contribution in [2.24, 2.45) is 5.73 Å². The Kier molecular flexibility index (Phi) is 4.37. The summed E-state index contributed by atoms with van der Waals surface area (Å²) in [6.45, 7) is 5.81. The number of fused-ring (bicyclic) bond motifs is 1. The number of rotatable bonds is 4. The number of nitrogens with one attached hydrogen (secondary N) is 2. The molecule has 3 heterocycles. The lowest BCUT2D eigenvalue weighted by Crippen LogP contribution is -2.28. The van der Waals surface area contributed by atoms with E-state index in [0.717, 1.165) is 66.5 Å². The Morgan fingerprint density at radius 1 is 1.33 bits per heavy atom. The summed E-state index contributed by atoms with van der Waals surface area (Å²) in [6.07, 6.45) is 3.29. The zero-order valence-electron chi connectivity index (χ0n) is 15.8. The molecule has 1 saturated heterocycles. The maximum atomic E-state index is 12.4. The fraction of sp³-hybridized carbons (Fsp3) is 0.450. The molecule has 2 amide bonds. The Morgan fingerprint density at radius 3 is 2.70 bits per heavy atom. The molecule has 0 aliphatic carbocycles. The molecule has 1 aromatic heterocycles. The SMILES string of the molecule is CCc1nc(C2CC(=O)Nc3cc(N4CCCC4)c(C(N)=O)cc32)c(C)[nH]1. The van der Waals surface area contributed by atoms with Crippen molar-refractivity contribution in [2.45, 2.75) is 45.4 Å². The number of benzene rings is 1. The number of aromatic amines is 1. The van der Waals surface area contributed by atoms with Crippen LogP contribution in [-0.2, 0) is 11.2 Å². The van der Waals surface area contributed by atoms with Crippen LogP contribution in [0.3, 0.4) is 0 Å². The lowest BCUT2D eigenvalue weighted by atomic mass is 9.85. The van der Waals surface area contributed by atoms with Crippen LogP contribution in [-0.4, -0.2) is 34.9 Å². The van der Waals surface area contributed by atoms with Crippen molar-refractivity contribution < 1.29 is 9.59 Å². The number of aryl methyl sites for hydroxylation is 2. The molecule has 27 heavy (non-hydrogen) atoms. The number of aromatic nitrogens is 2. The number of hydrogen-bond donors (Lipinski definition) is 3. The molecule has 1 fully saturated rings. The summed E-state index contributed by atoms with van der Waals surface area (Å²) in [4.78, 5) is 34.7. The van der Waals surface area contributed by atoms with Gasteiger partial charge in [-0.25, -0.2) is 4.98 Å². The van der Waals surface area contributed by atoms with Crippen molar-refractivity contribution in [3.63, 3.8) is 0 Å². The highest BCUT2D eigenvalue weighted by molar-refractivity contribution is 6.03. The van der Waals surface area contributed by atoms with Gasteiger partial charge in [-0.15, -0.1) is 0 Å². The second kappa shape index (κ2) is 6.72. The van der Waals surface area contributed by atoms with Crippen LogP contribution in [0.15, 0.2) is 12.1 Å². The Labute approximate surface area is 158 Å². The predicted octanol–water partition coefficient (Wildman–Crippen LogP) is 2.45. The van der Waals surface area contributed by atoms with Crippen molar-refractivity contribution in [2.75, 3.05) is 23.3 Å². The molecular weight excluding hydrogens is 342 g/mol. The number of nitrogens with two attached hydrogens (primary N) is 1. The molecule has 7 heteroatoms. The maximum Gasteiger partial charge on any atom is 0.250 e. The number of hydrogen-bond acceptors (Lipinski definition) is 4. The van der Waals surface area contributed by atoms with Crippen molar-refractivity contribution in [1.82, 2.24) is 9.97 Å². The van der Waals surface area contributed by atoms with Gasteiger partial charge < -0.3 is 20.9 Å². The first-order valence-corrected chi connectivity index (χ1v) is 9.55. The van der Waals surface area contributed by atoms with Crippen LogP contribution >= 0.6 is 0 Å². The fourth-order valence-electron chi connectivity index (χ4n) is 4.20. The minimum atomic E-state index is -0.441. The number of carbonyl (C=O) groups excluding carboxylic acids is 2. The summed E-state index contributed by atoms with van der Waals surface area (Å²) in [5.74, 6) is 0.241. The van der Waals surface area contributed by atoms with Crippen LogP contribution in [0.5, 0.6) is 0 Å². The molecule has 1 atom stereocenters. The number of carbonyl (C=O) groups is 2. The highest BCUT2D eigenvalue weighted by Gasteiger charge is 2.32. The zero-order chi connectivity index (χ0) is 19.1. The Morgan fingerprint density at radius 2 is 2.07 bits per heavy atom. The molecule has 1 aromatic carbocycles. The van der Waals surface area contributed by atoms with Crippen LogP contribution < -0.4 is 16.0 Å². The van der Waals surface area contributed by atoms with Crippen LogP contribution in [0.4, 0.5) is 11.4 Å². The highest BCUT2D eigenvalue weighted by Crippen LogP contribution is 2.41. The van der Waals surface area contributed by atoms with E-state index in [-0.39, 0.29) is 11.8 Å². The molecule has 4 N–H and O–H groups in total. The molecule has 7 nitrogen and oxygen atoms in total. The molecule has 2 aliphatic heterocycles. The predicted molar refractivity (Wildman–Crippen MR) is 104 cm³/mol. The Bertz CT molecular complexity index is 911. The molecule has 0 bridgehead atoms. The minimum Gasteiger partial charge on any atom is -0.371 e. The Balaban J connectivity index is 1.85. The summed E-state index contributed by atoms with van der Waals surface area (Å²) in [5.41, 5.74) is 10.5. The van der Waals surface area contributed by atoms with Gasteiger partial charge in [0.1, 0.15) is 5.82 Å². The smallest absolute Gasteiger partial charge is 0.250 e. The Hall–Kier alpha value is -2.83. The molecule has 4 rings (SSSR count). The van der Waals surface area contributed by atoms with Gasteiger partial charge in [0, 0.05) is 43.2 Å². The van der Waals surface area contributed by atoms with E-state index in [1.54, 1.807) is 0 Å². The number of amides is 2. The molecular formula is C20H25N5O2. The first-order valence-electron chi connectivity index (χ1n) is 9.55. The highest BCUT2D eigenvalue weighted by atomic mass is 16.2. The summed E-state index contributed by atoms with van der Waals surface area (Å²) >= 11 is 0. The van der Waals surface area contributed by atoms with Gasteiger partial charge in [0.25, 0.3) is 5.91 Å². The molecule has 142 valence electrons. The normalized spacial score (nSPS) is 19.1. The van der Waals surface area contributed by atoms with Crippen LogP contribution in [0.25, 0.3) is 0 Å². The molecule has 0 spiro atoms. The summed E-state index contributed by atoms with van der Waals surface area (Å²) in [6, 6.07) is 3.77. The molecule has 0 saturated carbocycles. The number of imidazole rings is 1. The first kappa shape index (κ1) is 17.6. The average Bonchev–Trinajstić information content (AvgIpc) is 3.29. The monoisotopic (exact) mass is 367 g/mol. The summed E-state index contributed by atoms with van der Waals surface area (Å²) in [5, 5.41) is 2.97. The van der Waals surface area contributed by atoms with E-state index in [4.69, 9.17) is 10.7 Å². The van der Waals surface area contributed by atoms with E-state index in [9.17, 15) is 9.59 Å². The van der Waals surface area contributed by atoms with Gasteiger partial charge in [-0.3, -0.25) is 9.59 Å². The largest absolute Gasteiger partial charge is 0.371 e. The first-order chi connectivity index (χ1) is 13.0. The topological polar surface area (TPSA) is 104 Å². The third-order valence-corrected chi connectivity index (χ3v) is 5.56. The number of H-pyrrole nitrogens is 1. The number of primary amides is 1. The van der Waals surface area contributed by atoms with Crippen molar-refractivity contribution in [1.29, 1.82) is 0 Å². The van der Waals surface area contributed by atoms with Crippen LogP contribution in [0, 0.1) is 6.92 Å². The van der Waals surface area contributed by atoms with E-state index in [1.165, 1.54) is 0 Å². The molecule has 1 unspecified atom stereocenters. The average molecular weight is 367 g/mol. The molecule has 0 radical (unpaired) electrons. The second-order valence-corrected chi connectivity index (χ2v) is 7.37. The molecule has 2 aliphatic rings. The van der Waals surface area contributed by atoms with Gasteiger partial charge in [-0.05, 0) is 37.5 Å². The van der Waals surface area contributed by atoms with E-state index in [1.807, 2.05) is 26.0 Å². The van der Waals surface area contributed by atoms with Gasteiger partial charge in [-0.2, -0.15) is 0 Å². The van der Waals surface area contributed by atoms with E-state index >= 15 is 0 Å². The van der Waals surface area contributed by atoms with Gasteiger partial charge in [0.05, 0.1) is 16.9 Å². The van der Waals surface area contributed by atoms with Gasteiger partial charge in [-0.1, -0.05) is 6.92 Å². The van der Waals surface area contributed by atoms with Gasteiger partial charge in [0.15, 0.2) is 0 Å². The van der Waals surface area contributed by atoms with Gasteiger partial charge >= 0.3 is 0 Å². The molecule has 2 aromatic rings. The quantitative estimate of drug-likeness (QED) is 0.772. The lowest BCUT2D eigenvalue weighted by molar-refractivity contribution is -0.116. The van der Waals surface area contributed by atoms with Crippen LogP contribution in [0.2, 0.25) is 0 Å². The van der Waals surface area contributed by atoms with Crippen molar-refractivity contribution in [3.05, 3.63) is 40.5 Å². The standard InChI is InChI=1S/C20H25N5O2/c1-3-17-22-11(2)19(24-17)13-9-18(26)23-15-10-16(25-6-4-5-7-25)14(20(21)27)8-12(13)15/h8,10,13H,3-7,9H2,1-2H3,(H2,21,27)(H,22,24)(H,23,26). The summed E-state index contributed by atoms with van der Waals surface area (Å²) in [7, 11) is 0. The third kappa shape index (κ3) is 3.07. The van der Waals surface area contributed by atoms with Crippen molar-refractivity contribution >= 4 is 23.2 Å². The zero-order valence-corrected chi connectivity index (χ0v) is 15.8. The summed E-state index contributed by atoms with van der Waals surface area (Å²) < 4.78 is 0.